The third-order valence-electron chi connectivity index (χ3n) is 6.51. The molecule has 9 nitrogen and oxygen atoms in total. The first-order valence-electron chi connectivity index (χ1n) is 11.3. The van der Waals surface area contributed by atoms with Crippen LogP contribution in [-0.4, -0.2) is 49.1 Å². The Bertz CT molecular complexity index is 1440. The quantitative estimate of drug-likeness (QED) is 0.420. The third-order valence-corrected chi connectivity index (χ3v) is 6.51. The maximum Gasteiger partial charge on any atom is 0.433 e. The average Bonchev–Trinajstić information content (AvgIpc) is 3.40. The average molecular weight is 499 g/mol. The molecule has 188 valence electrons. The van der Waals surface area contributed by atoms with E-state index in [1.807, 2.05) is 29.8 Å². The van der Waals surface area contributed by atoms with Crippen LogP contribution in [0.3, 0.4) is 0 Å². The zero-order valence-electron chi connectivity index (χ0n) is 19.8. The van der Waals surface area contributed by atoms with E-state index in [1.165, 1.54) is 6.92 Å². The SMILES string of the molecule is CC(=O)N[C@@H](C)c1nc(C(F)(F)F)cc2c(-c3cccc(C4(Cc5nncn5C)COC4)c3)n[nH]c12. The van der Waals surface area contributed by atoms with E-state index >= 15 is 0 Å². The van der Waals surface area contributed by atoms with Gasteiger partial charge in [0.2, 0.25) is 5.91 Å². The lowest BCUT2D eigenvalue weighted by molar-refractivity contribution is -0.141. The number of H-pyrrole nitrogens is 1. The minimum absolute atomic E-state index is 0.0658. The summed E-state index contributed by atoms with van der Waals surface area (Å²) in [4.78, 5) is 15.4. The van der Waals surface area contributed by atoms with Gasteiger partial charge in [-0.2, -0.15) is 18.3 Å². The van der Waals surface area contributed by atoms with Crippen LogP contribution in [0.1, 0.15) is 42.7 Å². The summed E-state index contributed by atoms with van der Waals surface area (Å²) < 4.78 is 48.6. The number of ether oxygens (including phenoxy) is 1. The van der Waals surface area contributed by atoms with Crippen molar-refractivity contribution in [1.29, 1.82) is 0 Å². The topological polar surface area (TPSA) is 111 Å². The van der Waals surface area contributed by atoms with Gasteiger partial charge in [-0.1, -0.05) is 18.2 Å². The highest BCUT2D eigenvalue weighted by Gasteiger charge is 2.42. The van der Waals surface area contributed by atoms with Gasteiger partial charge < -0.3 is 14.6 Å². The lowest BCUT2D eigenvalue weighted by atomic mass is 9.75. The van der Waals surface area contributed by atoms with Crippen molar-refractivity contribution < 1.29 is 22.7 Å². The molecular formula is C24H24F3N7O2. The largest absolute Gasteiger partial charge is 0.433 e. The maximum atomic E-state index is 13.7. The van der Waals surface area contributed by atoms with Gasteiger partial charge in [0, 0.05) is 36.8 Å². The first-order chi connectivity index (χ1) is 17.1. The van der Waals surface area contributed by atoms with Crippen LogP contribution in [0.15, 0.2) is 36.7 Å². The van der Waals surface area contributed by atoms with E-state index in [0.717, 1.165) is 17.5 Å². The van der Waals surface area contributed by atoms with Crippen molar-refractivity contribution >= 4 is 16.8 Å². The number of rotatable bonds is 6. The molecule has 1 amide bonds. The molecule has 0 unspecified atom stereocenters. The Hall–Kier alpha value is -3.80. The molecular weight excluding hydrogens is 475 g/mol. The first kappa shape index (κ1) is 23.9. The number of pyridine rings is 1. The molecule has 1 fully saturated rings. The number of aryl methyl sites for hydroxylation is 1. The number of benzene rings is 1. The molecule has 0 bridgehead atoms. The molecule has 0 radical (unpaired) electrons. The number of carbonyl (C=O) groups is 1. The van der Waals surface area contributed by atoms with E-state index in [0.29, 0.717) is 36.4 Å². The maximum absolute atomic E-state index is 13.7. The predicted molar refractivity (Wildman–Crippen MR) is 124 cm³/mol. The predicted octanol–water partition coefficient (Wildman–Crippen LogP) is 3.48. The smallest absolute Gasteiger partial charge is 0.379 e. The molecule has 5 rings (SSSR count). The number of alkyl halides is 3. The zero-order chi connectivity index (χ0) is 25.7. The minimum Gasteiger partial charge on any atom is -0.379 e. The molecule has 1 aromatic carbocycles. The Morgan fingerprint density at radius 2 is 2.08 bits per heavy atom. The summed E-state index contributed by atoms with van der Waals surface area (Å²) in [6, 6.07) is 7.80. The van der Waals surface area contributed by atoms with Crippen LogP contribution in [0, 0.1) is 0 Å². The van der Waals surface area contributed by atoms with Crippen LogP contribution in [0.5, 0.6) is 0 Å². The highest BCUT2D eigenvalue weighted by atomic mass is 19.4. The molecule has 1 aliphatic heterocycles. The fourth-order valence-corrected chi connectivity index (χ4v) is 4.58. The van der Waals surface area contributed by atoms with E-state index < -0.39 is 17.9 Å². The Balaban J connectivity index is 1.60. The monoisotopic (exact) mass is 499 g/mol. The fourth-order valence-electron chi connectivity index (χ4n) is 4.58. The molecule has 1 atom stereocenters. The molecule has 0 saturated carbocycles. The number of aromatic nitrogens is 6. The van der Waals surface area contributed by atoms with Gasteiger partial charge in [0.1, 0.15) is 23.5 Å². The summed E-state index contributed by atoms with van der Waals surface area (Å²) in [5.74, 6) is 0.435. The molecule has 4 heterocycles. The summed E-state index contributed by atoms with van der Waals surface area (Å²) in [5.41, 5.74) is 1.02. The summed E-state index contributed by atoms with van der Waals surface area (Å²) in [5, 5.41) is 18.2. The number of nitrogens with one attached hydrogen (secondary N) is 2. The Morgan fingerprint density at radius 1 is 1.31 bits per heavy atom. The van der Waals surface area contributed by atoms with Gasteiger partial charge in [-0.15, -0.1) is 10.2 Å². The van der Waals surface area contributed by atoms with Crippen molar-refractivity contribution in [2.45, 2.75) is 37.9 Å². The Labute approximate surface area is 204 Å². The fraction of sp³-hybridized carbons (Fsp3) is 0.375. The molecule has 3 aromatic heterocycles. The molecule has 0 spiro atoms. The van der Waals surface area contributed by atoms with Gasteiger partial charge in [0.05, 0.1) is 30.5 Å². The Kier molecular flexibility index (Phi) is 5.78. The molecule has 4 aromatic rings. The normalized spacial score (nSPS) is 16.1. The summed E-state index contributed by atoms with van der Waals surface area (Å²) in [7, 11) is 1.88. The number of hydrogen-bond donors (Lipinski definition) is 2. The van der Waals surface area contributed by atoms with Crippen LogP contribution < -0.4 is 5.32 Å². The lowest BCUT2D eigenvalue weighted by Crippen LogP contribution is -2.49. The van der Waals surface area contributed by atoms with Gasteiger partial charge in [-0.25, -0.2) is 4.98 Å². The number of nitrogens with zero attached hydrogens (tertiary/aromatic N) is 5. The van der Waals surface area contributed by atoms with Gasteiger partial charge in [0.25, 0.3) is 0 Å². The summed E-state index contributed by atoms with van der Waals surface area (Å²) in [6.07, 6.45) is -2.42. The second-order valence-corrected chi connectivity index (χ2v) is 9.20. The summed E-state index contributed by atoms with van der Waals surface area (Å²) in [6.45, 7) is 3.86. The van der Waals surface area contributed by atoms with Crippen LogP contribution in [0.25, 0.3) is 22.2 Å². The van der Waals surface area contributed by atoms with E-state index in [1.54, 1.807) is 19.3 Å². The van der Waals surface area contributed by atoms with Crippen molar-refractivity contribution in [2.24, 2.45) is 7.05 Å². The third kappa shape index (κ3) is 4.21. The molecule has 1 saturated heterocycles. The van der Waals surface area contributed by atoms with Crippen molar-refractivity contribution in [3.05, 3.63) is 59.4 Å². The van der Waals surface area contributed by atoms with Gasteiger partial charge >= 0.3 is 6.18 Å². The molecule has 12 heteroatoms. The molecule has 2 N–H and O–H groups in total. The number of fused-ring (bicyclic) bond motifs is 1. The van der Waals surface area contributed by atoms with Crippen LogP contribution in [0.2, 0.25) is 0 Å². The lowest BCUT2D eigenvalue weighted by Gasteiger charge is -2.41. The standard InChI is InChI=1S/C24H24F3N7O2/c1-13(29-14(2)35)20-22-17(8-18(30-20)24(25,26)27)21(32-33-22)15-5-4-6-16(7-15)23(10-36-11-23)9-19-31-28-12-34(19)3/h4-8,12-13H,9-11H2,1-3H3,(H,29,35)(H,32,33)/t13-/m0/s1. The van der Waals surface area contributed by atoms with Crippen LogP contribution in [-0.2, 0) is 34.6 Å². The number of hydrogen-bond acceptors (Lipinski definition) is 6. The van der Waals surface area contributed by atoms with E-state index in [9.17, 15) is 18.0 Å². The number of halogens is 3. The van der Waals surface area contributed by atoms with Crippen molar-refractivity contribution in [3.8, 4) is 11.3 Å². The first-order valence-corrected chi connectivity index (χ1v) is 11.3. The zero-order valence-corrected chi connectivity index (χ0v) is 19.8. The van der Waals surface area contributed by atoms with Gasteiger partial charge in [0.15, 0.2) is 0 Å². The molecule has 1 aliphatic rings. The highest BCUT2D eigenvalue weighted by molar-refractivity contribution is 5.95. The van der Waals surface area contributed by atoms with Crippen molar-refractivity contribution in [2.75, 3.05) is 13.2 Å². The van der Waals surface area contributed by atoms with Crippen LogP contribution in [0.4, 0.5) is 13.2 Å². The van der Waals surface area contributed by atoms with Crippen molar-refractivity contribution in [1.82, 2.24) is 35.3 Å². The Morgan fingerprint density at radius 3 is 2.69 bits per heavy atom. The molecule has 36 heavy (non-hydrogen) atoms. The molecule has 0 aliphatic carbocycles. The van der Waals surface area contributed by atoms with Gasteiger partial charge in [-0.05, 0) is 24.6 Å². The van der Waals surface area contributed by atoms with E-state index in [2.05, 4.69) is 30.7 Å². The van der Waals surface area contributed by atoms with Crippen LogP contribution >= 0.6 is 0 Å². The number of aromatic amines is 1. The number of amides is 1. The van der Waals surface area contributed by atoms with Crippen molar-refractivity contribution in [3.63, 3.8) is 0 Å². The summed E-state index contributed by atoms with van der Waals surface area (Å²) >= 11 is 0. The minimum atomic E-state index is -4.67. The van der Waals surface area contributed by atoms with Gasteiger partial charge in [-0.3, -0.25) is 9.89 Å². The van der Waals surface area contributed by atoms with E-state index in [-0.39, 0.29) is 22.4 Å². The highest BCUT2D eigenvalue weighted by Crippen LogP contribution is 2.39. The second-order valence-electron chi connectivity index (χ2n) is 9.20. The number of carbonyl (C=O) groups excluding carboxylic acids is 1. The second kappa shape index (κ2) is 8.70. The van der Waals surface area contributed by atoms with E-state index in [4.69, 9.17) is 4.74 Å².